The molecule has 0 aliphatic rings. The first kappa shape index (κ1) is 14.4. The van der Waals surface area contributed by atoms with E-state index in [1.165, 1.54) is 26.4 Å². The number of carbonyl (C=O) groups excluding carboxylic acids is 2. The number of benzene rings is 1. The highest BCUT2D eigenvalue weighted by Gasteiger charge is 2.21. The van der Waals surface area contributed by atoms with Crippen LogP contribution in [0.4, 0.5) is 5.69 Å². The molecule has 0 spiro atoms. The topological polar surface area (TPSA) is 108 Å². The highest BCUT2D eigenvalue weighted by Crippen LogP contribution is 2.37. The molecule has 102 valence electrons. The van der Waals surface area contributed by atoms with Crippen LogP contribution in [0.25, 0.3) is 0 Å². The quantitative estimate of drug-likeness (QED) is 0.347. The Hall–Kier alpha value is -2.64. The van der Waals surface area contributed by atoms with Crippen LogP contribution in [0.5, 0.6) is 11.5 Å². The number of methoxy groups -OCH3 is 2. The standard InChI is InChI=1S/C11H12N2O6/c1-18-9-4-7(5-12-10(15)6-14)3-8(13(16)17)11(9)19-2/h3-4,6H,5H2,1-2H3,(H,12,15). The van der Waals surface area contributed by atoms with Crippen LogP contribution in [0.1, 0.15) is 5.56 Å². The van der Waals surface area contributed by atoms with Gasteiger partial charge in [0.05, 0.1) is 19.1 Å². The lowest BCUT2D eigenvalue weighted by Crippen LogP contribution is -2.23. The normalized spacial score (nSPS) is 9.58. The summed E-state index contributed by atoms with van der Waals surface area (Å²) in [5.41, 5.74) is 0.136. The molecule has 0 bridgehead atoms. The molecule has 0 saturated carbocycles. The van der Waals surface area contributed by atoms with Crippen molar-refractivity contribution in [3.63, 3.8) is 0 Å². The van der Waals surface area contributed by atoms with E-state index in [9.17, 15) is 19.7 Å². The van der Waals surface area contributed by atoms with Gasteiger partial charge in [-0.25, -0.2) is 0 Å². The number of rotatable bonds is 6. The number of nitro groups is 1. The Morgan fingerprint density at radius 3 is 2.58 bits per heavy atom. The summed E-state index contributed by atoms with van der Waals surface area (Å²) in [7, 11) is 2.63. The molecule has 8 heteroatoms. The van der Waals surface area contributed by atoms with E-state index < -0.39 is 10.8 Å². The molecule has 0 atom stereocenters. The predicted molar refractivity (Wildman–Crippen MR) is 64.1 cm³/mol. The number of amides is 1. The maximum Gasteiger partial charge on any atom is 0.315 e. The Balaban J connectivity index is 3.13. The molecule has 0 unspecified atom stereocenters. The molecule has 1 aromatic carbocycles. The van der Waals surface area contributed by atoms with Crippen LogP contribution in [-0.4, -0.2) is 31.3 Å². The van der Waals surface area contributed by atoms with Gasteiger partial charge in [0, 0.05) is 12.6 Å². The maximum atomic E-state index is 10.9. The van der Waals surface area contributed by atoms with Crippen LogP contribution in [0.2, 0.25) is 0 Å². The largest absolute Gasteiger partial charge is 0.493 e. The Labute approximate surface area is 108 Å². The van der Waals surface area contributed by atoms with E-state index in [4.69, 9.17) is 9.47 Å². The number of ether oxygens (including phenoxy) is 2. The van der Waals surface area contributed by atoms with Gasteiger partial charge in [-0.05, 0) is 11.6 Å². The summed E-state index contributed by atoms with van der Waals surface area (Å²) < 4.78 is 9.91. The van der Waals surface area contributed by atoms with Crippen molar-refractivity contribution in [2.75, 3.05) is 14.2 Å². The number of hydrogen-bond acceptors (Lipinski definition) is 6. The summed E-state index contributed by atoms with van der Waals surface area (Å²) in [6.45, 7) is -0.0290. The Morgan fingerprint density at radius 2 is 2.11 bits per heavy atom. The lowest BCUT2D eigenvalue weighted by molar-refractivity contribution is -0.385. The highest BCUT2D eigenvalue weighted by atomic mass is 16.6. The first-order valence-electron chi connectivity index (χ1n) is 5.15. The van der Waals surface area contributed by atoms with Gasteiger partial charge in [-0.1, -0.05) is 0 Å². The third-order valence-electron chi connectivity index (χ3n) is 2.29. The van der Waals surface area contributed by atoms with Crippen molar-refractivity contribution in [3.05, 3.63) is 27.8 Å². The zero-order valence-corrected chi connectivity index (χ0v) is 10.3. The SMILES string of the molecule is COc1cc(CNC(=O)C=O)cc([N+](=O)[O-])c1OC. The molecule has 19 heavy (non-hydrogen) atoms. The molecule has 1 amide bonds. The molecular formula is C11H12N2O6. The van der Waals surface area contributed by atoms with E-state index in [0.717, 1.165) is 0 Å². The lowest BCUT2D eigenvalue weighted by Gasteiger charge is -2.10. The molecule has 1 N–H and O–H groups in total. The van der Waals surface area contributed by atoms with Gasteiger partial charge in [-0.3, -0.25) is 19.7 Å². The average molecular weight is 268 g/mol. The summed E-state index contributed by atoms with van der Waals surface area (Å²) in [5.74, 6) is -0.637. The lowest BCUT2D eigenvalue weighted by atomic mass is 10.1. The fraction of sp³-hybridized carbons (Fsp3) is 0.273. The summed E-state index contributed by atoms with van der Waals surface area (Å²) in [4.78, 5) is 31.3. The van der Waals surface area contributed by atoms with Crippen LogP contribution in [0.3, 0.4) is 0 Å². The zero-order valence-electron chi connectivity index (χ0n) is 10.3. The van der Waals surface area contributed by atoms with Crippen molar-refractivity contribution < 1.29 is 24.0 Å². The second-order valence-corrected chi connectivity index (χ2v) is 3.44. The van der Waals surface area contributed by atoms with Crippen molar-refractivity contribution in [1.29, 1.82) is 0 Å². The number of nitrogens with one attached hydrogen (secondary N) is 1. The van der Waals surface area contributed by atoms with Crippen LogP contribution >= 0.6 is 0 Å². The van der Waals surface area contributed by atoms with Crippen molar-refractivity contribution in [3.8, 4) is 11.5 Å². The summed E-state index contributed by atoms with van der Waals surface area (Å²) in [6, 6.07) is 2.73. The van der Waals surface area contributed by atoms with Gasteiger partial charge in [-0.15, -0.1) is 0 Å². The summed E-state index contributed by atoms with van der Waals surface area (Å²) >= 11 is 0. The minimum atomic E-state index is -0.808. The maximum absolute atomic E-state index is 10.9. The molecular weight excluding hydrogens is 256 g/mol. The number of hydrogen-bond donors (Lipinski definition) is 1. The molecule has 8 nitrogen and oxygen atoms in total. The van der Waals surface area contributed by atoms with Gasteiger partial charge in [-0.2, -0.15) is 0 Å². The van der Waals surface area contributed by atoms with Crippen LogP contribution in [0, 0.1) is 10.1 Å². The summed E-state index contributed by atoms with van der Waals surface area (Å²) in [6.07, 6.45) is 0.120. The smallest absolute Gasteiger partial charge is 0.315 e. The van der Waals surface area contributed by atoms with Gasteiger partial charge in [0.1, 0.15) is 0 Å². The van der Waals surface area contributed by atoms with Gasteiger partial charge in [0.2, 0.25) is 12.0 Å². The second kappa shape index (κ2) is 6.34. The molecule has 0 aromatic heterocycles. The number of nitrogens with zero attached hydrogens (tertiary/aromatic N) is 1. The van der Waals surface area contributed by atoms with Gasteiger partial charge in [0.15, 0.2) is 5.75 Å². The van der Waals surface area contributed by atoms with E-state index in [1.54, 1.807) is 0 Å². The zero-order chi connectivity index (χ0) is 14.4. The summed E-state index contributed by atoms with van der Waals surface area (Å²) in [5, 5.41) is 13.2. The Bertz CT molecular complexity index is 514. The fourth-order valence-electron chi connectivity index (χ4n) is 1.47. The Kier molecular flexibility index (Phi) is 4.81. The molecule has 1 rings (SSSR count). The highest BCUT2D eigenvalue weighted by molar-refractivity contribution is 6.23. The van der Waals surface area contributed by atoms with Gasteiger partial charge >= 0.3 is 5.69 Å². The monoisotopic (exact) mass is 268 g/mol. The molecule has 0 radical (unpaired) electrons. The van der Waals surface area contributed by atoms with Crippen LogP contribution < -0.4 is 14.8 Å². The van der Waals surface area contributed by atoms with Crippen molar-refractivity contribution in [2.24, 2.45) is 0 Å². The average Bonchev–Trinajstić information content (AvgIpc) is 2.43. The number of nitro benzene ring substituents is 1. The van der Waals surface area contributed by atoms with Crippen LogP contribution in [0.15, 0.2) is 12.1 Å². The molecule has 0 aliphatic carbocycles. The third-order valence-corrected chi connectivity index (χ3v) is 2.29. The minimum Gasteiger partial charge on any atom is -0.493 e. The minimum absolute atomic E-state index is 0.00189. The van der Waals surface area contributed by atoms with Crippen molar-refractivity contribution in [2.45, 2.75) is 6.54 Å². The van der Waals surface area contributed by atoms with E-state index >= 15 is 0 Å². The van der Waals surface area contributed by atoms with E-state index in [-0.39, 0.29) is 30.0 Å². The number of carbonyl (C=O) groups is 2. The first-order valence-corrected chi connectivity index (χ1v) is 5.15. The van der Waals surface area contributed by atoms with E-state index in [0.29, 0.717) is 5.56 Å². The third kappa shape index (κ3) is 3.41. The van der Waals surface area contributed by atoms with Gasteiger partial charge in [0.25, 0.3) is 5.91 Å². The Morgan fingerprint density at radius 1 is 1.42 bits per heavy atom. The molecule has 0 saturated heterocycles. The molecule has 0 heterocycles. The number of aldehydes is 1. The predicted octanol–water partition coefficient (Wildman–Crippen LogP) is 0.427. The fourth-order valence-corrected chi connectivity index (χ4v) is 1.47. The van der Waals surface area contributed by atoms with Crippen molar-refractivity contribution in [1.82, 2.24) is 5.32 Å². The first-order chi connectivity index (χ1) is 9.03. The molecule has 1 aromatic rings. The van der Waals surface area contributed by atoms with E-state index in [2.05, 4.69) is 5.32 Å². The second-order valence-electron chi connectivity index (χ2n) is 3.44. The molecule has 0 aliphatic heterocycles. The molecule has 0 fully saturated rings. The van der Waals surface area contributed by atoms with Crippen molar-refractivity contribution >= 4 is 17.9 Å². The van der Waals surface area contributed by atoms with Gasteiger partial charge < -0.3 is 14.8 Å². The van der Waals surface area contributed by atoms with Crippen LogP contribution in [-0.2, 0) is 16.1 Å². The van der Waals surface area contributed by atoms with E-state index in [1.807, 2.05) is 0 Å².